The molecule has 7 heteroatoms. The Morgan fingerprint density at radius 2 is 2.07 bits per heavy atom. The first-order valence-corrected chi connectivity index (χ1v) is 9.46. The summed E-state index contributed by atoms with van der Waals surface area (Å²) in [5, 5.41) is 30.4. The van der Waals surface area contributed by atoms with Crippen molar-refractivity contribution in [1.82, 2.24) is 0 Å². The Hall–Kier alpha value is -3.03. The van der Waals surface area contributed by atoms with Gasteiger partial charge in [-0.05, 0) is 55.8 Å². The van der Waals surface area contributed by atoms with E-state index in [0.29, 0.717) is 29.2 Å². The second-order valence-electron chi connectivity index (χ2n) is 6.78. The van der Waals surface area contributed by atoms with Gasteiger partial charge in [-0.1, -0.05) is 6.08 Å². The molecule has 0 aliphatic carbocycles. The van der Waals surface area contributed by atoms with Crippen molar-refractivity contribution < 1.29 is 29.2 Å². The molecular weight excluding hydrogens is 389 g/mol. The molecule has 3 N–H and O–H groups in total. The highest BCUT2D eigenvalue weighted by Gasteiger charge is 2.23. The van der Waals surface area contributed by atoms with Gasteiger partial charge < -0.3 is 29.7 Å². The van der Waals surface area contributed by atoms with E-state index in [-0.39, 0.29) is 12.2 Å². The summed E-state index contributed by atoms with van der Waals surface area (Å²) >= 11 is 0. The molecule has 0 aromatic heterocycles. The number of halogens is 1. The zero-order chi connectivity index (χ0) is 22.3. The summed E-state index contributed by atoms with van der Waals surface area (Å²) in [7, 11) is 3.05. The molecule has 0 fully saturated rings. The lowest BCUT2D eigenvalue weighted by atomic mass is 10.0. The number of methoxy groups -OCH3 is 2. The summed E-state index contributed by atoms with van der Waals surface area (Å²) in [6.07, 6.45) is 6.29. The molecule has 1 heterocycles. The molecule has 0 spiro atoms. The highest BCUT2D eigenvalue weighted by Crippen LogP contribution is 2.34. The lowest BCUT2D eigenvalue weighted by Gasteiger charge is -2.26. The molecule has 30 heavy (non-hydrogen) atoms. The molecule has 2 atom stereocenters. The molecule has 162 valence electrons. The molecule has 0 saturated heterocycles. The Labute approximate surface area is 176 Å². The molecule has 1 aromatic carbocycles. The van der Waals surface area contributed by atoms with Crippen LogP contribution in [0.2, 0.25) is 0 Å². The Morgan fingerprint density at radius 1 is 1.33 bits per heavy atom. The van der Waals surface area contributed by atoms with Gasteiger partial charge in [0.2, 0.25) is 0 Å². The highest BCUT2D eigenvalue weighted by atomic mass is 19.1. The molecule has 2 unspecified atom stereocenters. The molecule has 0 amide bonds. The third-order valence-electron chi connectivity index (χ3n) is 4.67. The summed E-state index contributed by atoms with van der Waals surface area (Å²) in [5.74, 6) is 0.859. The third-order valence-corrected chi connectivity index (χ3v) is 4.67. The number of anilines is 1. The van der Waals surface area contributed by atoms with Crippen LogP contribution in [0.25, 0.3) is 5.57 Å². The standard InChI is InChI=1S/C23H28FNO5/c1-15(12-18(29-3)6-5-11-24)19-13-17(7-10-23(19)30-4)25-14-22(28)21(27)9-8-20(25)16(2)26/h5-8,10-14,16,21,26-28H,9H2,1-4H3/b11-5+,15-12+,18-6+. The molecule has 1 aliphatic heterocycles. The lowest BCUT2D eigenvalue weighted by molar-refractivity contribution is 0.156. The number of allylic oxidation sites excluding steroid dienone is 4. The Kier molecular flexibility index (Phi) is 8.26. The van der Waals surface area contributed by atoms with Gasteiger partial charge in [-0.15, -0.1) is 0 Å². The lowest BCUT2D eigenvalue weighted by Crippen LogP contribution is -2.24. The maximum Gasteiger partial charge on any atom is 0.138 e. The number of rotatable bonds is 7. The summed E-state index contributed by atoms with van der Waals surface area (Å²) < 4.78 is 23.1. The van der Waals surface area contributed by atoms with E-state index >= 15 is 0 Å². The summed E-state index contributed by atoms with van der Waals surface area (Å²) in [6.45, 7) is 3.48. The van der Waals surface area contributed by atoms with Crippen LogP contribution < -0.4 is 9.64 Å². The average Bonchev–Trinajstić information content (AvgIpc) is 2.89. The van der Waals surface area contributed by atoms with E-state index in [1.54, 1.807) is 43.2 Å². The predicted octanol–water partition coefficient (Wildman–Crippen LogP) is 4.35. The van der Waals surface area contributed by atoms with Gasteiger partial charge in [0, 0.05) is 29.6 Å². The first-order chi connectivity index (χ1) is 14.3. The molecule has 1 aromatic rings. The van der Waals surface area contributed by atoms with Crippen LogP contribution in [-0.2, 0) is 4.74 Å². The van der Waals surface area contributed by atoms with E-state index in [1.807, 2.05) is 13.0 Å². The second kappa shape index (κ2) is 10.7. The minimum Gasteiger partial charge on any atom is -0.508 e. The largest absolute Gasteiger partial charge is 0.508 e. The van der Waals surface area contributed by atoms with Gasteiger partial charge in [-0.3, -0.25) is 0 Å². The Balaban J connectivity index is 2.58. The van der Waals surface area contributed by atoms with Gasteiger partial charge in [0.15, 0.2) is 0 Å². The van der Waals surface area contributed by atoms with Crippen molar-refractivity contribution in [3.63, 3.8) is 0 Å². The van der Waals surface area contributed by atoms with Crippen LogP contribution in [0.5, 0.6) is 5.75 Å². The van der Waals surface area contributed by atoms with Gasteiger partial charge in [0.25, 0.3) is 0 Å². The summed E-state index contributed by atoms with van der Waals surface area (Å²) in [5.41, 5.74) is 2.71. The topological polar surface area (TPSA) is 82.4 Å². The van der Waals surface area contributed by atoms with Gasteiger partial charge >= 0.3 is 0 Å². The zero-order valence-corrected chi connectivity index (χ0v) is 17.5. The number of aliphatic hydroxyl groups excluding tert-OH is 3. The van der Waals surface area contributed by atoms with Crippen LogP contribution in [-0.4, -0.2) is 41.7 Å². The monoisotopic (exact) mass is 417 g/mol. The Bertz CT molecular complexity index is 899. The normalized spacial score (nSPS) is 19.3. The fourth-order valence-electron chi connectivity index (χ4n) is 3.09. The molecule has 2 rings (SSSR count). The molecule has 0 bridgehead atoms. The maximum absolute atomic E-state index is 12.3. The van der Waals surface area contributed by atoms with Gasteiger partial charge in [0.1, 0.15) is 23.4 Å². The SMILES string of the molecule is COC(=C/C=C/F)/C=C(\C)c1cc(N2C=C(O)C(O)CC=C2C(C)O)ccc1OC. The maximum atomic E-state index is 12.3. The fraction of sp³-hybridized carbons (Fsp3) is 0.304. The van der Waals surface area contributed by atoms with Crippen molar-refractivity contribution in [2.24, 2.45) is 0 Å². The summed E-state index contributed by atoms with van der Waals surface area (Å²) in [6, 6.07) is 5.39. The van der Waals surface area contributed by atoms with E-state index in [2.05, 4.69) is 0 Å². The van der Waals surface area contributed by atoms with Crippen molar-refractivity contribution in [3.8, 4) is 5.75 Å². The van der Waals surface area contributed by atoms with Gasteiger partial charge in [-0.2, -0.15) is 0 Å². The molecule has 6 nitrogen and oxygen atoms in total. The molecular formula is C23H28FNO5. The molecule has 0 saturated carbocycles. The van der Waals surface area contributed by atoms with E-state index in [9.17, 15) is 19.7 Å². The van der Waals surface area contributed by atoms with Crippen molar-refractivity contribution in [2.45, 2.75) is 32.5 Å². The minimum absolute atomic E-state index is 0.186. The second-order valence-corrected chi connectivity index (χ2v) is 6.78. The highest BCUT2D eigenvalue weighted by molar-refractivity contribution is 5.75. The van der Waals surface area contributed by atoms with E-state index in [1.165, 1.54) is 25.5 Å². The molecule has 0 radical (unpaired) electrons. The number of aliphatic hydroxyl groups is 3. The van der Waals surface area contributed by atoms with Crippen LogP contribution >= 0.6 is 0 Å². The van der Waals surface area contributed by atoms with E-state index in [4.69, 9.17) is 9.47 Å². The smallest absolute Gasteiger partial charge is 0.138 e. The number of benzene rings is 1. The quantitative estimate of drug-likeness (QED) is 0.452. The third kappa shape index (κ3) is 5.52. The fourth-order valence-corrected chi connectivity index (χ4v) is 3.09. The number of ether oxygens (including phenoxy) is 2. The number of hydrogen-bond donors (Lipinski definition) is 3. The van der Waals surface area contributed by atoms with Crippen LogP contribution in [0.4, 0.5) is 10.1 Å². The first-order valence-electron chi connectivity index (χ1n) is 9.46. The van der Waals surface area contributed by atoms with E-state index < -0.39 is 12.2 Å². The Morgan fingerprint density at radius 3 is 2.67 bits per heavy atom. The predicted molar refractivity (Wildman–Crippen MR) is 116 cm³/mol. The van der Waals surface area contributed by atoms with Crippen LogP contribution in [0, 0.1) is 0 Å². The summed E-state index contributed by atoms with van der Waals surface area (Å²) in [4.78, 5) is 1.63. The van der Waals surface area contributed by atoms with E-state index in [0.717, 1.165) is 11.1 Å². The zero-order valence-electron chi connectivity index (χ0n) is 17.5. The van der Waals surface area contributed by atoms with Crippen LogP contribution in [0.3, 0.4) is 0 Å². The van der Waals surface area contributed by atoms with Crippen LogP contribution in [0.15, 0.2) is 72.2 Å². The van der Waals surface area contributed by atoms with Gasteiger partial charge in [-0.25, -0.2) is 4.39 Å². The van der Waals surface area contributed by atoms with Crippen molar-refractivity contribution in [1.29, 1.82) is 0 Å². The number of nitrogens with zero attached hydrogens (tertiary/aromatic N) is 1. The van der Waals surface area contributed by atoms with Crippen LogP contribution in [0.1, 0.15) is 25.8 Å². The van der Waals surface area contributed by atoms with Crippen molar-refractivity contribution >= 4 is 11.3 Å². The molecule has 1 aliphatic rings. The minimum atomic E-state index is -1.04. The number of hydrogen-bond acceptors (Lipinski definition) is 6. The average molecular weight is 417 g/mol. The van der Waals surface area contributed by atoms with Crippen molar-refractivity contribution in [2.75, 3.05) is 19.1 Å². The van der Waals surface area contributed by atoms with Crippen molar-refractivity contribution in [3.05, 3.63) is 77.8 Å². The first kappa shape index (κ1) is 23.3. The van der Waals surface area contributed by atoms with Gasteiger partial charge in [0.05, 0.1) is 26.7 Å².